The largest absolute Gasteiger partial charge is 0.435 e. The molecule has 6 heteroatoms. The first-order valence-electron chi connectivity index (χ1n) is 5.08. The fourth-order valence-corrected chi connectivity index (χ4v) is 1.42. The van der Waals surface area contributed by atoms with Gasteiger partial charge in [-0.3, -0.25) is 0 Å². The summed E-state index contributed by atoms with van der Waals surface area (Å²) in [6.45, 7) is -1.29. The molecule has 1 aliphatic heterocycles. The number of aliphatic imine (C=N–C) groups is 1. The van der Waals surface area contributed by atoms with Crippen molar-refractivity contribution in [1.82, 2.24) is 0 Å². The van der Waals surface area contributed by atoms with Crippen LogP contribution >= 0.6 is 0 Å². The van der Waals surface area contributed by atoms with E-state index in [0.717, 1.165) is 0 Å². The second-order valence-corrected chi connectivity index (χ2v) is 3.50. The minimum atomic E-state index is -2.86. The highest BCUT2D eigenvalue weighted by molar-refractivity contribution is 6.06. The third-order valence-electron chi connectivity index (χ3n) is 2.14. The molecule has 0 fully saturated rings. The third-order valence-corrected chi connectivity index (χ3v) is 2.14. The van der Waals surface area contributed by atoms with Crippen molar-refractivity contribution in [3.63, 3.8) is 0 Å². The van der Waals surface area contributed by atoms with E-state index < -0.39 is 12.6 Å². The zero-order valence-corrected chi connectivity index (χ0v) is 9.39. The topological polar surface area (TPSA) is 47.9 Å². The molecular weight excluding hydrogens is 244 g/mol. The second kappa shape index (κ2) is 4.95. The van der Waals surface area contributed by atoms with Crippen molar-refractivity contribution in [1.29, 1.82) is 0 Å². The van der Waals surface area contributed by atoms with Crippen molar-refractivity contribution >= 4 is 17.9 Å². The number of rotatable bonds is 3. The zero-order chi connectivity index (χ0) is 13.1. The van der Waals surface area contributed by atoms with Gasteiger partial charge in [0.1, 0.15) is 5.75 Å². The average Bonchev–Trinajstić information content (AvgIpc) is 2.59. The Labute approximate surface area is 102 Å². The number of carbonyl (C=O) groups is 1. The first-order chi connectivity index (χ1) is 8.54. The standard InChI is InChI=1S/C12H9F2NO3/c1-7-15-10(11(16)17-7)6-8-2-4-9(5-3-8)18-12(13)14/h2-6,12H,1H3. The first-order valence-corrected chi connectivity index (χ1v) is 5.08. The van der Waals surface area contributed by atoms with Crippen LogP contribution in [0, 0.1) is 0 Å². The molecular formula is C12H9F2NO3. The van der Waals surface area contributed by atoms with E-state index in [0.29, 0.717) is 5.56 Å². The lowest BCUT2D eigenvalue weighted by atomic mass is 10.2. The Morgan fingerprint density at radius 1 is 1.33 bits per heavy atom. The van der Waals surface area contributed by atoms with Crippen LogP contribution in [0.2, 0.25) is 0 Å². The summed E-state index contributed by atoms with van der Waals surface area (Å²) in [7, 11) is 0. The molecule has 18 heavy (non-hydrogen) atoms. The highest BCUT2D eigenvalue weighted by atomic mass is 19.3. The van der Waals surface area contributed by atoms with E-state index in [1.54, 1.807) is 19.1 Å². The van der Waals surface area contributed by atoms with E-state index in [1.807, 2.05) is 0 Å². The van der Waals surface area contributed by atoms with Gasteiger partial charge < -0.3 is 9.47 Å². The molecule has 0 spiro atoms. The van der Waals surface area contributed by atoms with E-state index in [2.05, 4.69) is 9.73 Å². The molecule has 0 aromatic heterocycles. The fourth-order valence-electron chi connectivity index (χ4n) is 1.42. The van der Waals surface area contributed by atoms with Gasteiger partial charge >= 0.3 is 12.6 Å². The quantitative estimate of drug-likeness (QED) is 0.614. The van der Waals surface area contributed by atoms with Crippen molar-refractivity contribution in [2.75, 3.05) is 0 Å². The first kappa shape index (κ1) is 12.2. The van der Waals surface area contributed by atoms with E-state index in [9.17, 15) is 13.6 Å². The van der Waals surface area contributed by atoms with Crippen LogP contribution in [0.1, 0.15) is 12.5 Å². The van der Waals surface area contributed by atoms with Crippen LogP contribution in [0.4, 0.5) is 8.78 Å². The summed E-state index contributed by atoms with van der Waals surface area (Å²) in [5, 5.41) is 0. The maximum Gasteiger partial charge on any atom is 0.387 e. The summed E-state index contributed by atoms with van der Waals surface area (Å²) in [6, 6.07) is 5.85. The van der Waals surface area contributed by atoms with Crippen LogP contribution in [0.3, 0.4) is 0 Å². The molecule has 2 rings (SSSR count). The average molecular weight is 253 g/mol. The van der Waals surface area contributed by atoms with Crippen molar-refractivity contribution in [3.8, 4) is 5.75 Å². The molecule has 0 aliphatic carbocycles. The minimum absolute atomic E-state index is 0.0563. The molecule has 0 amide bonds. The van der Waals surface area contributed by atoms with Gasteiger partial charge in [0, 0.05) is 6.92 Å². The predicted molar refractivity (Wildman–Crippen MR) is 60.3 cm³/mol. The number of esters is 1. The molecule has 1 aromatic carbocycles. The monoisotopic (exact) mass is 253 g/mol. The van der Waals surface area contributed by atoms with E-state index in [-0.39, 0.29) is 17.3 Å². The lowest BCUT2D eigenvalue weighted by Gasteiger charge is -2.03. The highest BCUT2D eigenvalue weighted by Gasteiger charge is 2.19. The van der Waals surface area contributed by atoms with Gasteiger partial charge in [-0.2, -0.15) is 8.78 Å². The number of nitrogens with zero attached hydrogens (tertiary/aromatic N) is 1. The number of cyclic esters (lactones) is 1. The van der Waals surface area contributed by atoms with Gasteiger partial charge in [-0.1, -0.05) is 12.1 Å². The molecule has 1 aliphatic rings. The third kappa shape index (κ3) is 2.91. The lowest BCUT2D eigenvalue weighted by Crippen LogP contribution is -2.01. The SMILES string of the molecule is CC1=NC(=Cc2ccc(OC(F)F)cc2)C(=O)O1. The molecule has 1 heterocycles. The molecule has 0 radical (unpaired) electrons. The molecule has 94 valence electrons. The van der Waals surface area contributed by atoms with Crippen LogP contribution in [-0.2, 0) is 9.53 Å². The number of alkyl halides is 2. The van der Waals surface area contributed by atoms with E-state index >= 15 is 0 Å². The van der Waals surface area contributed by atoms with E-state index in [1.165, 1.54) is 18.2 Å². The number of hydrogen-bond acceptors (Lipinski definition) is 4. The molecule has 1 aromatic rings. The summed E-state index contributed by atoms with van der Waals surface area (Å²) in [6.07, 6.45) is 1.50. The Balaban J connectivity index is 2.16. The normalized spacial score (nSPS) is 17.0. The minimum Gasteiger partial charge on any atom is -0.435 e. The number of benzene rings is 1. The Kier molecular flexibility index (Phi) is 3.36. The zero-order valence-electron chi connectivity index (χ0n) is 9.39. The number of carbonyl (C=O) groups excluding carboxylic acids is 1. The van der Waals surface area contributed by atoms with Crippen molar-refractivity contribution in [2.24, 2.45) is 4.99 Å². The summed E-state index contributed by atoms with van der Waals surface area (Å²) < 4.78 is 32.8. The van der Waals surface area contributed by atoms with Crippen LogP contribution in [0.5, 0.6) is 5.75 Å². The predicted octanol–water partition coefficient (Wildman–Crippen LogP) is 2.60. The Morgan fingerprint density at radius 3 is 2.50 bits per heavy atom. The highest BCUT2D eigenvalue weighted by Crippen LogP contribution is 2.19. The molecule has 0 unspecified atom stereocenters. The summed E-state index contributed by atoms with van der Waals surface area (Å²) in [4.78, 5) is 15.2. The van der Waals surface area contributed by atoms with Crippen LogP contribution in [-0.4, -0.2) is 18.5 Å². The Bertz CT molecular complexity index is 521. The molecule has 0 bridgehead atoms. The second-order valence-electron chi connectivity index (χ2n) is 3.50. The van der Waals surface area contributed by atoms with Crippen molar-refractivity contribution in [3.05, 3.63) is 35.5 Å². The lowest BCUT2D eigenvalue weighted by molar-refractivity contribution is -0.130. The molecule has 0 atom stereocenters. The van der Waals surface area contributed by atoms with Gasteiger partial charge in [0.25, 0.3) is 0 Å². The molecule has 0 saturated carbocycles. The number of hydrogen-bond donors (Lipinski definition) is 0. The summed E-state index contributed by atoms with van der Waals surface area (Å²) in [5.41, 5.74) is 0.817. The van der Waals surface area contributed by atoms with Crippen molar-refractivity contribution < 1.29 is 23.0 Å². The van der Waals surface area contributed by atoms with Gasteiger partial charge in [0.2, 0.25) is 0 Å². The fraction of sp³-hybridized carbons (Fsp3) is 0.167. The Morgan fingerprint density at radius 2 is 2.00 bits per heavy atom. The number of ether oxygens (including phenoxy) is 2. The summed E-state index contributed by atoms with van der Waals surface area (Å²) in [5.74, 6) is -0.190. The van der Waals surface area contributed by atoms with Crippen LogP contribution < -0.4 is 4.74 Å². The van der Waals surface area contributed by atoms with Crippen molar-refractivity contribution in [2.45, 2.75) is 13.5 Å². The van der Waals surface area contributed by atoms with Crippen LogP contribution in [0.15, 0.2) is 35.0 Å². The smallest absolute Gasteiger partial charge is 0.387 e. The van der Waals surface area contributed by atoms with Crippen LogP contribution in [0.25, 0.3) is 6.08 Å². The van der Waals surface area contributed by atoms with Gasteiger partial charge in [-0.25, -0.2) is 9.79 Å². The maximum absolute atomic E-state index is 11.9. The maximum atomic E-state index is 11.9. The molecule has 4 nitrogen and oxygen atoms in total. The molecule has 0 N–H and O–H groups in total. The van der Waals surface area contributed by atoms with E-state index in [4.69, 9.17) is 4.74 Å². The van der Waals surface area contributed by atoms with Gasteiger partial charge in [-0.15, -0.1) is 0 Å². The Hall–Kier alpha value is -2.24. The summed E-state index contributed by atoms with van der Waals surface area (Å²) >= 11 is 0. The number of halogens is 2. The van der Waals surface area contributed by atoms with Gasteiger partial charge in [0.05, 0.1) is 0 Å². The molecule has 0 saturated heterocycles. The van der Waals surface area contributed by atoms with Gasteiger partial charge in [-0.05, 0) is 23.8 Å². The van der Waals surface area contributed by atoms with Gasteiger partial charge in [0.15, 0.2) is 11.6 Å².